The summed E-state index contributed by atoms with van der Waals surface area (Å²) in [7, 11) is -3.63. The smallest absolute Gasteiger partial charge is 0.324 e. The fourth-order valence-electron chi connectivity index (χ4n) is 5.11. The Morgan fingerprint density at radius 2 is 1.79 bits per heavy atom. The minimum atomic E-state index is -3.63. The molecule has 10 heteroatoms. The molecule has 2 fully saturated rings. The van der Waals surface area contributed by atoms with Crippen LogP contribution in [0.25, 0.3) is 0 Å². The summed E-state index contributed by atoms with van der Waals surface area (Å²) in [5.74, 6) is -1.02. The molecule has 9 nitrogen and oxygen atoms in total. The summed E-state index contributed by atoms with van der Waals surface area (Å²) in [4.78, 5) is 39.8. The first-order valence-corrected chi connectivity index (χ1v) is 12.9. The van der Waals surface area contributed by atoms with Crippen LogP contribution in [-0.4, -0.2) is 55.1 Å². The van der Waals surface area contributed by atoms with Gasteiger partial charge in [-0.25, -0.2) is 13.2 Å². The molecule has 2 N–H and O–H groups in total. The number of nitrogens with zero attached hydrogens (tertiary/aromatic N) is 2. The van der Waals surface area contributed by atoms with Gasteiger partial charge in [-0.2, -0.15) is 4.31 Å². The molecule has 4 amide bonds. The van der Waals surface area contributed by atoms with Crippen LogP contribution in [0.5, 0.6) is 0 Å². The van der Waals surface area contributed by atoms with Crippen molar-refractivity contribution in [1.82, 2.24) is 14.5 Å². The highest BCUT2D eigenvalue weighted by molar-refractivity contribution is 7.89. The number of urea groups is 1. The molecule has 0 aromatic heterocycles. The molecule has 2 aliphatic heterocycles. The van der Waals surface area contributed by atoms with Crippen molar-refractivity contribution in [1.29, 1.82) is 0 Å². The zero-order chi connectivity index (χ0) is 23.9. The van der Waals surface area contributed by atoms with E-state index in [0.29, 0.717) is 19.5 Å². The van der Waals surface area contributed by atoms with E-state index in [0.717, 1.165) is 41.7 Å². The molecule has 5 rings (SSSR count). The molecule has 0 bridgehead atoms. The zero-order valence-electron chi connectivity index (χ0n) is 18.6. The molecule has 1 aliphatic carbocycles. The van der Waals surface area contributed by atoms with Gasteiger partial charge in [0.25, 0.3) is 5.91 Å². The average Bonchev–Trinajstić information content (AvgIpc) is 3.45. The van der Waals surface area contributed by atoms with Crippen LogP contribution < -0.4 is 10.6 Å². The van der Waals surface area contributed by atoms with Gasteiger partial charge in [0, 0.05) is 18.8 Å². The molecule has 2 aromatic carbocycles. The van der Waals surface area contributed by atoms with Crippen LogP contribution in [0.4, 0.5) is 10.5 Å². The summed E-state index contributed by atoms with van der Waals surface area (Å²) in [5, 5.41) is 5.46. The van der Waals surface area contributed by atoms with Gasteiger partial charge in [0.15, 0.2) is 0 Å². The molecule has 34 heavy (non-hydrogen) atoms. The molecule has 0 radical (unpaired) electrons. The fourth-order valence-corrected chi connectivity index (χ4v) is 6.67. The minimum Gasteiger partial charge on any atom is -0.324 e. The van der Waals surface area contributed by atoms with E-state index in [9.17, 15) is 22.8 Å². The van der Waals surface area contributed by atoms with E-state index >= 15 is 0 Å². The first-order chi connectivity index (χ1) is 16.3. The SMILES string of the molecule is O=C(CN1C(=O)N[C@]2(CCCc3ccccc32)C1=O)Nc1cccc(S(=O)(=O)N2CCCC2)c1. The number of amides is 4. The van der Waals surface area contributed by atoms with Gasteiger partial charge in [-0.15, -0.1) is 0 Å². The van der Waals surface area contributed by atoms with E-state index in [1.165, 1.54) is 16.4 Å². The zero-order valence-corrected chi connectivity index (χ0v) is 19.4. The van der Waals surface area contributed by atoms with Crippen molar-refractivity contribution in [3.8, 4) is 0 Å². The van der Waals surface area contributed by atoms with Crippen molar-refractivity contribution in [3.05, 3.63) is 59.7 Å². The van der Waals surface area contributed by atoms with Crippen LogP contribution in [0.3, 0.4) is 0 Å². The van der Waals surface area contributed by atoms with Crippen LogP contribution in [0.1, 0.15) is 36.8 Å². The number of anilines is 1. The fraction of sp³-hybridized carbons (Fsp3) is 0.375. The Morgan fingerprint density at radius 1 is 1.03 bits per heavy atom. The molecule has 178 valence electrons. The maximum atomic E-state index is 13.4. The number of carbonyl (C=O) groups is 3. The van der Waals surface area contributed by atoms with Gasteiger partial charge in [0.05, 0.1) is 4.90 Å². The number of imide groups is 1. The highest BCUT2D eigenvalue weighted by Crippen LogP contribution is 2.39. The number of rotatable bonds is 5. The summed E-state index contributed by atoms with van der Waals surface area (Å²) >= 11 is 0. The first kappa shape index (κ1) is 22.5. The van der Waals surface area contributed by atoms with Crippen molar-refractivity contribution in [2.24, 2.45) is 0 Å². The van der Waals surface area contributed by atoms with E-state index in [4.69, 9.17) is 0 Å². The van der Waals surface area contributed by atoms with Crippen LogP contribution >= 0.6 is 0 Å². The summed E-state index contributed by atoms with van der Waals surface area (Å²) in [6.45, 7) is 0.504. The Hall–Kier alpha value is -3.24. The minimum absolute atomic E-state index is 0.0972. The molecule has 0 unspecified atom stereocenters. The van der Waals surface area contributed by atoms with Crippen molar-refractivity contribution in [2.45, 2.75) is 42.5 Å². The summed E-state index contributed by atoms with van der Waals surface area (Å²) in [6.07, 6.45) is 3.71. The Morgan fingerprint density at radius 3 is 2.59 bits per heavy atom. The summed E-state index contributed by atoms with van der Waals surface area (Å²) in [6, 6.07) is 13.0. The second-order valence-corrected chi connectivity index (χ2v) is 10.9. The third-order valence-electron chi connectivity index (χ3n) is 6.77. The highest BCUT2D eigenvalue weighted by Gasteiger charge is 2.54. The van der Waals surface area contributed by atoms with Crippen molar-refractivity contribution < 1.29 is 22.8 Å². The predicted molar refractivity (Wildman–Crippen MR) is 124 cm³/mol. The maximum Gasteiger partial charge on any atom is 0.325 e. The Labute approximate surface area is 198 Å². The number of aryl methyl sites for hydroxylation is 1. The van der Waals surface area contributed by atoms with E-state index in [1.807, 2.05) is 24.3 Å². The largest absolute Gasteiger partial charge is 0.325 e. The molecule has 0 saturated carbocycles. The molecule has 2 saturated heterocycles. The summed E-state index contributed by atoms with van der Waals surface area (Å²) in [5.41, 5.74) is 0.942. The van der Waals surface area contributed by atoms with Gasteiger partial charge >= 0.3 is 6.03 Å². The van der Waals surface area contributed by atoms with Gasteiger partial charge in [0.2, 0.25) is 15.9 Å². The first-order valence-electron chi connectivity index (χ1n) is 11.4. The van der Waals surface area contributed by atoms with Crippen molar-refractivity contribution in [2.75, 3.05) is 25.0 Å². The number of benzene rings is 2. The van der Waals surface area contributed by atoms with Crippen LogP contribution in [0.2, 0.25) is 0 Å². The third kappa shape index (κ3) is 3.76. The second-order valence-electron chi connectivity index (χ2n) is 8.92. The monoisotopic (exact) mass is 482 g/mol. The lowest BCUT2D eigenvalue weighted by Crippen LogP contribution is -2.47. The highest BCUT2D eigenvalue weighted by atomic mass is 32.2. The lowest BCUT2D eigenvalue weighted by molar-refractivity contribution is -0.134. The quantitative estimate of drug-likeness (QED) is 0.634. The number of sulfonamides is 1. The van der Waals surface area contributed by atoms with Gasteiger partial charge in [-0.1, -0.05) is 30.3 Å². The molecule has 2 aromatic rings. The van der Waals surface area contributed by atoms with E-state index in [2.05, 4.69) is 10.6 Å². The topological polar surface area (TPSA) is 116 Å². The van der Waals surface area contributed by atoms with Gasteiger partial charge in [-0.3, -0.25) is 14.5 Å². The molecular formula is C24H26N4O5S. The number of hydrogen-bond acceptors (Lipinski definition) is 5. The molecular weight excluding hydrogens is 456 g/mol. The average molecular weight is 483 g/mol. The number of fused-ring (bicyclic) bond motifs is 2. The molecule has 1 atom stereocenters. The number of nitrogens with one attached hydrogen (secondary N) is 2. The normalized spacial score (nSPS) is 22.6. The Balaban J connectivity index is 1.31. The van der Waals surface area contributed by atoms with Gasteiger partial charge in [0.1, 0.15) is 12.1 Å². The lowest BCUT2D eigenvalue weighted by Gasteiger charge is -2.33. The van der Waals surface area contributed by atoms with E-state index < -0.39 is 40.0 Å². The van der Waals surface area contributed by atoms with Crippen molar-refractivity contribution >= 4 is 33.6 Å². The molecule has 3 aliphatic rings. The maximum absolute atomic E-state index is 13.4. The van der Waals surface area contributed by atoms with Gasteiger partial charge < -0.3 is 10.6 Å². The molecule has 1 spiro atoms. The van der Waals surface area contributed by atoms with Crippen LogP contribution in [0, 0.1) is 0 Å². The number of carbonyl (C=O) groups excluding carboxylic acids is 3. The Kier molecular flexibility index (Phi) is 5.65. The van der Waals surface area contributed by atoms with E-state index in [-0.39, 0.29) is 10.6 Å². The van der Waals surface area contributed by atoms with Crippen LogP contribution in [-0.2, 0) is 31.6 Å². The Bertz CT molecular complexity index is 1270. The third-order valence-corrected chi connectivity index (χ3v) is 8.67. The molecule has 2 heterocycles. The number of hydrogen-bond donors (Lipinski definition) is 2. The predicted octanol–water partition coefficient (Wildman–Crippen LogP) is 2.19. The standard InChI is InChI=1S/C24H26N4O5S/c29-21(25-18-9-5-10-19(15-18)34(32,33)27-13-3-4-14-27)16-28-22(30)24(26-23(28)31)12-6-8-17-7-1-2-11-20(17)24/h1-2,5,7,9-11,15H,3-4,6,8,12-14,16H2,(H,25,29)(H,26,31)/t24-/m0/s1. The summed E-state index contributed by atoms with van der Waals surface area (Å²) < 4.78 is 27.1. The van der Waals surface area contributed by atoms with Gasteiger partial charge in [-0.05, 0) is 61.4 Å². The van der Waals surface area contributed by atoms with Crippen LogP contribution in [0.15, 0.2) is 53.4 Å². The van der Waals surface area contributed by atoms with E-state index in [1.54, 1.807) is 12.1 Å². The lowest BCUT2D eigenvalue weighted by atomic mass is 9.76. The second kappa shape index (κ2) is 8.52. The van der Waals surface area contributed by atoms with Crippen molar-refractivity contribution in [3.63, 3.8) is 0 Å².